The van der Waals surface area contributed by atoms with E-state index < -0.39 is 0 Å². The van der Waals surface area contributed by atoms with Crippen molar-refractivity contribution < 1.29 is 9.59 Å². The Morgan fingerprint density at radius 1 is 1.35 bits per heavy atom. The number of ketones is 1. The summed E-state index contributed by atoms with van der Waals surface area (Å²) < 4.78 is 0. The molecule has 0 spiro atoms. The van der Waals surface area contributed by atoms with E-state index in [4.69, 9.17) is 16.6 Å². The smallest absolute Gasteiger partial charge is 0.237 e. The summed E-state index contributed by atoms with van der Waals surface area (Å²) in [6.07, 6.45) is 9.72. The molecule has 2 aliphatic carbocycles. The normalized spacial score (nSPS) is 21.5. The minimum Gasteiger partial charge on any atom is -0.337 e. The van der Waals surface area contributed by atoms with Crippen LogP contribution in [0.1, 0.15) is 42.3 Å². The van der Waals surface area contributed by atoms with Gasteiger partial charge in [-0.3, -0.25) is 14.6 Å². The van der Waals surface area contributed by atoms with Crippen molar-refractivity contribution in [3.8, 4) is 0 Å². The fraction of sp³-hybridized carbons (Fsp3) is 0.476. The van der Waals surface area contributed by atoms with Gasteiger partial charge in [0.2, 0.25) is 5.91 Å². The average molecular weight is 371 g/mol. The predicted octanol–water partition coefficient (Wildman–Crippen LogP) is 3.27. The number of hydrogen-bond donors (Lipinski definition) is 0. The van der Waals surface area contributed by atoms with Crippen molar-refractivity contribution in [2.24, 2.45) is 11.8 Å². The van der Waals surface area contributed by atoms with Crippen LogP contribution >= 0.6 is 11.6 Å². The van der Waals surface area contributed by atoms with Crippen LogP contribution in [0, 0.1) is 11.8 Å². The largest absolute Gasteiger partial charge is 0.337 e. The number of fused-ring (bicyclic) bond motifs is 1. The lowest BCUT2D eigenvalue weighted by atomic mass is 9.87. The van der Waals surface area contributed by atoms with Crippen LogP contribution in [0.15, 0.2) is 18.2 Å². The Bertz CT molecular complexity index is 824. The first-order chi connectivity index (χ1) is 12.6. The fourth-order valence-corrected chi connectivity index (χ4v) is 4.10. The van der Waals surface area contributed by atoms with E-state index in [2.05, 4.69) is 31.2 Å². The fourth-order valence-electron chi connectivity index (χ4n) is 3.93. The molecular weight excluding hydrogens is 348 g/mol. The van der Waals surface area contributed by atoms with E-state index in [1.165, 1.54) is 16.7 Å². The summed E-state index contributed by atoms with van der Waals surface area (Å²) in [7, 11) is 0. The van der Waals surface area contributed by atoms with Gasteiger partial charge >= 0.3 is 0 Å². The summed E-state index contributed by atoms with van der Waals surface area (Å²) in [5, 5.41) is 0. The minimum absolute atomic E-state index is 0.0237. The molecule has 0 radical (unpaired) electrons. The van der Waals surface area contributed by atoms with Crippen molar-refractivity contribution in [3.63, 3.8) is 0 Å². The first-order valence-electron chi connectivity index (χ1n) is 9.33. The lowest BCUT2D eigenvalue weighted by molar-refractivity contribution is -0.128. The molecule has 0 aromatic carbocycles. The standard InChI is InChI=1S/C21H23ClN2O2/c1-13-12-24(21(26)11-22)8-7-16(13)18-9-15(10-20(25)14-5-6-14)23-19-4-2-3-17(18)19/h2-3,7,9,13-14H,4-6,8,10-12H2,1H3. The van der Waals surface area contributed by atoms with E-state index in [9.17, 15) is 9.59 Å². The highest BCUT2D eigenvalue weighted by atomic mass is 35.5. The van der Waals surface area contributed by atoms with E-state index in [1.54, 1.807) is 4.90 Å². The molecule has 4 rings (SSSR count). The van der Waals surface area contributed by atoms with Crippen molar-refractivity contribution >= 4 is 34.9 Å². The molecule has 1 aromatic rings. The van der Waals surface area contributed by atoms with E-state index in [1.807, 2.05) is 0 Å². The molecule has 1 saturated carbocycles. The molecule has 1 aromatic heterocycles. The third-order valence-corrected chi connectivity index (χ3v) is 5.74. The average Bonchev–Trinajstić information content (AvgIpc) is 3.39. The van der Waals surface area contributed by atoms with Gasteiger partial charge in [-0.15, -0.1) is 11.6 Å². The topological polar surface area (TPSA) is 50.3 Å². The first-order valence-corrected chi connectivity index (χ1v) is 9.86. The third kappa shape index (κ3) is 3.35. The molecule has 1 amide bonds. The second-order valence-electron chi connectivity index (χ2n) is 7.54. The highest BCUT2D eigenvalue weighted by molar-refractivity contribution is 6.27. The Balaban J connectivity index is 1.65. The summed E-state index contributed by atoms with van der Waals surface area (Å²) in [6, 6.07) is 2.09. The van der Waals surface area contributed by atoms with Gasteiger partial charge in [0.05, 0.1) is 5.69 Å². The van der Waals surface area contributed by atoms with E-state index in [-0.39, 0.29) is 23.6 Å². The van der Waals surface area contributed by atoms with Crippen LogP contribution in [0.2, 0.25) is 0 Å². The molecule has 3 aliphatic rings. The van der Waals surface area contributed by atoms with Gasteiger partial charge in [-0.05, 0) is 36.0 Å². The highest BCUT2D eigenvalue weighted by Gasteiger charge is 2.30. The van der Waals surface area contributed by atoms with Crippen LogP contribution in [0.3, 0.4) is 0 Å². The number of halogens is 1. The first kappa shape index (κ1) is 17.5. The molecule has 26 heavy (non-hydrogen) atoms. The van der Waals surface area contributed by atoms with Crippen LogP contribution in [-0.4, -0.2) is 40.5 Å². The van der Waals surface area contributed by atoms with Crippen molar-refractivity contribution in [3.05, 3.63) is 40.7 Å². The second kappa shape index (κ2) is 6.99. The molecule has 1 atom stereocenters. The van der Waals surface area contributed by atoms with Crippen molar-refractivity contribution in [2.75, 3.05) is 19.0 Å². The number of aromatic nitrogens is 1. The van der Waals surface area contributed by atoms with Gasteiger partial charge in [-0.25, -0.2) is 0 Å². The number of carbonyl (C=O) groups excluding carboxylic acids is 2. The number of rotatable bonds is 5. The van der Waals surface area contributed by atoms with Crippen LogP contribution in [0.5, 0.6) is 0 Å². The highest BCUT2D eigenvalue weighted by Crippen LogP contribution is 2.35. The summed E-state index contributed by atoms with van der Waals surface area (Å²) in [6.45, 7) is 3.40. The second-order valence-corrected chi connectivity index (χ2v) is 7.81. The monoisotopic (exact) mass is 370 g/mol. The van der Waals surface area contributed by atoms with Crippen molar-refractivity contribution in [2.45, 2.75) is 32.6 Å². The molecule has 0 saturated heterocycles. The van der Waals surface area contributed by atoms with E-state index in [0.29, 0.717) is 25.3 Å². The van der Waals surface area contributed by atoms with Crippen molar-refractivity contribution in [1.82, 2.24) is 9.88 Å². The zero-order valence-electron chi connectivity index (χ0n) is 15.0. The number of allylic oxidation sites excluding steroid dienone is 1. The van der Waals surface area contributed by atoms with Gasteiger partial charge in [0, 0.05) is 43.1 Å². The Hall–Kier alpha value is -1.94. The SMILES string of the molecule is CC1CN(C(=O)CCl)CC=C1c1cc(CC(=O)C2CC2)nc2c1C=CC2. The molecule has 4 nitrogen and oxygen atoms in total. The molecule has 136 valence electrons. The molecule has 1 fully saturated rings. The molecule has 0 bridgehead atoms. The Morgan fingerprint density at radius 2 is 2.15 bits per heavy atom. The molecule has 5 heteroatoms. The minimum atomic E-state index is -0.0237. The molecule has 2 heterocycles. The summed E-state index contributed by atoms with van der Waals surface area (Å²) in [5.41, 5.74) is 5.53. The van der Waals surface area contributed by atoms with Crippen LogP contribution in [-0.2, 0) is 22.4 Å². The number of amides is 1. The van der Waals surface area contributed by atoms with Gasteiger partial charge in [0.25, 0.3) is 0 Å². The Kier molecular flexibility index (Phi) is 4.70. The van der Waals surface area contributed by atoms with E-state index >= 15 is 0 Å². The van der Waals surface area contributed by atoms with Gasteiger partial charge in [0.15, 0.2) is 0 Å². The van der Waals surface area contributed by atoms with Gasteiger partial charge in [-0.2, -0.15) is 0 Å². The van der Waals surface area contributed by atoms with Gasteiger partial charge < -0.3 is 4.90 Å². The third-order valence-electron chi connectivity index (χ3n) is 5.51. The number of carbonyl (C=O) groups is 2. The maximum atomic E-state index is 12.3. The number of alkyl halides is 1. The summed E-state index contributed by atoms with van der Waals surface area (Å²) >= 11 is 5.70. The molecule has 1 aliphatic heterocycles. The lowest BCUT2D eigenvalue weighted by Crippen LogP contribution is -2.39. The Labute approximate surface area is 158 Å². The van der Waals surface area contributed by atoms with Gasteiger partial charge in [-0.1, -0.05) is 25.2 Å². The molecular formula is C21H23ClN2O2. The number of Topliss-reactive ketones (excluding diaryl/α,β-unsaturated/α-hetero) is 1. The Morgan fingerprint density at radius 3 is 2.85 bits per heavy atom. The van der Waals surface area contributed by atoms with Gasteiger partial charge in [0.1, 0.15) is 11.7 Å². The summed E-state index contributed by atoms with van der Waals surface area (Å²) in [4.78, 5) is 30.7. The zero-order valence-corrected chi connectivity index (χ0v) is 15.8. The van der Waals surface area contributed by atoms with E-state index in [0.717, 1.165) is 30.7 Å². The van der Waals surface area contributed by atoms with Crippen LogP contribution in [0.4, 0.5) is 0 Å². The number of nitrogens with zero attached hydrogens (tertiary/aromatic N) is 2. The predicted molar refractivity (Wildman–Crippen MR) is 103 cm³/mol. The molecule has 0 N–H and O–H groups in total. The van der Waals surface area contributed by atoms with Crippen molar-refractivity contribution in [1.29, 1.82) is 0 Å². The summed E-state index contributed by atoms with van der Waals surface area (Å²) in [5.74, 6) is 0.803. The zero-order chi connectivity index (χ0) is 18.3. The number of pyridine rings is 1. The maximum absolute atomic E-state index is 12.3. The number of hydrogen-bond acceptors (Lipinski definition) is 3. The van der Waals surface area contributed by atoms with Crippen LogP contribution in [0.25, 0.3) is 11.6 Å². The maximum Gasteiger partial charge on any atom is 0.237 e. The molecule has 1 unspecified atom stereocenters. The van der Waals surface area contributed by atoms with Crippen LogP contribution < -0.4 is 0 Å². The lowest BCUT2D eigenvalue weighted by Gasteiger charge is -2.31. The quantitative estimate of drug-likeness (QED) is 0.747.